The molecule has 0 amide bonds. The molecule has 1 aromatic heterocycles. The first kappa shape index (κ1) is 12.9. The highest BCUT2D eigenvalue weighted by atomic mass is 16.5. The van der Waals surface area contributed by atoms with Gasteiger partial charge in [0.1, 0.15) is 11.9 Å². The third kappa shape index (κ3) is 3.75. The first-order chi connectivity index (χ1) is 8.78. The number of rotatable bonds is 4. The summed E-state index contributed by atoms with van der Waals surface area (Å²) in [6.45, 7) is 2.82. The van der Waals surface area contributed by atoms with E-state index >= 15 is 0 Å². The van der Waals surface area contributed by atoms with Gasteiger partial charge in [0.25, 0.3) is 0 Å². The van der Waals surface area contributed by atoms with Crippen molar-refractivity contribution >= 4 is 11.8 Å². The van der Waals surface area contributed by atoms with Gasteiger partial charge in [-0.3, -0.25) is 0 Å². The number of aromatic nitrogens is 2. The summed E-state index contributed by atoms with van der Waals surface area (Å²) in [5, 5.41) is 3.13. The topological polar surface area (TPSA) is 73.1 Å². The van der Waals surface area contributed by atoms with Crippen molar-refractivity contribution in [2.45, 2.75) is 51.6 Å². The largest absolute Gasteiger partial charge is 0.474 e. The average molecular weight is 250 g/mol. The highest BCUT2D eigenvalue weighted by molar-refractivity contribution is 5.42. The van der Waals surface area contributed by atoms with E-state index in [0.29, 0.717) is 5.88 Å². The number of hydrogen-bond acceptors (Lipinski definition) is 5. The summed E-state index contributed by atoms with van der Waals surface area (Å²) in [6, 6.07) is 1.82. The molecule has 2 rings (SSSR count). The van der Waals surface area contributed by atoms with Crippen LogP contribution in [0.1, 0.15) is 45.4 Å². The fourth-order valence-electron chi connectivity index (χ4n) is 2.31. The first-order valence-corrected chi connectivity index (χ1v) is 6.83. The Labute approximate surface area is 108 Å². The Morgan fingerprint density at radius 3 is 2.67 bits per heavy atom. The molecular weight excluding hydrogens is 228 g/mol. The van der Waals surface area contributed by atoms with Crippen molar-refractivity contribution in [3.05, 3.63) is 6.07 Å². The number of nitrogens with zero attached hydrogens (tertiary/aromatic N) is 2. The lowest BCUT2D eigenvalue weighted by atomic mass is 10.1. The standard InChI is InChI=1S/C13H22N4O/c1-2-15-11-9-12(17-13(14)16-11)18-10-7-5-3-4-6-8-10/h9-10H,2-8H2,1H3,(H3,14,15,16,17). The summed E-state index contributed by atoms with van der Waals surface area (Å²) in [4.78, 5) is 8.26. The molecule has 1 aromatic rings. The highest BCUT2D eigenvalue weighted by Gasteiger charge is 2.15. The molecule has 1 fully saturated rings. The molecule has 1 aliphatic carbocycles. The van der Waals surface area contributed by atoms with Crippen molar-refractivity contribution in [1.29, 1.82) is 0 Å². The lowest BCUT2D eigenvalue weighted by Gasteiger charge is -2.16. The summed E-state index contributed by atoms with van der Waals surface area (Å²) in [5.41, 5.74) is 5.68. The Bertz CT molecular complexity index is 375. The maximum Gasteiger partial charge on any atom is 0.225 e. The van der Waals surface area contributed by atoms with Crippen molar-refractivity contribution < 1.29 is 4.74 Å². The molecule has 5 nitrogen and oxygen atoms in total. The fourth-order valence-corrected chi connectivity index (χ4v) is 2.31. The van der Waals surface area contributed by atoms with E-state index in [0.717, 1.165) is 25.2 Å². The van der Waals surface area contributed by atoms with E-state index in [9.17, 15) is 0 Å². The summed E-state index contributed by atoms with van der Waals surface area (Å²) < 4.78 is 5.93. The molecule has 0 saturated heterocycles. The number of nitrogens with one attached hydrogen (secondary N) is 1. The molecule has 0 aromatic carbocycles. The van der Waals surface area contributed by atoms with E-state index in [4.69, 9.17) is 10.5 Å². The second-order valence-electron chi connectivity index (χ2n) is 4.71. The van der Waals surface area contributed by atoms with Crippen LogP contribution in [-0.4, -0.2) is 22.6 Å². The van der Waals surface area contributed by atoms with Gasteiger partial charge in [-0.15, -0.1) is 0 Å². The SMILES string of the molecule is CCNc1cc(OC2CCCCCC2)nc(N)n1. The van der Waals surface area contributed by atoms with E-state index in [1.165, 1.54) is 25.7 Å². The molecule has 0 spiro atoms. The van der Waals surface area contributed by atoms with Gasteiger partial charge in [0.2, 0.25) is 11.8 Å². The average Bonchev–Trinajstić information content (AvgIpc) is 2.57. The lowest BCUT2D eigenvalue weighted by Crippen LogP contribution is -2.16. The van der Waals surface area contributed by atoms with Gasteiger partial charge in [-0.25, -0.2) is 0 Å². The predicted molar refractivity (Wildman–Crippen MR) is 72.7 cm³/mol. The second-order valence-corrected chi connectivity index (χ2v) is 4.71. The van der Waals surface area contributed by atoms with Gasteiger partial charge in [-0.1, -0.05) is 12.8 Å². The quantitative estimate of drug-likeness (QED) is 0.803. The summed E-state index contributed by atoms with van der Waals surface area (Å²) in [7, 11) is 0. The Morgan fingerprint density at radius 2 is 2.00 bits per heavy atom. The second kappa shape index (κ2) is 6.42. The Balaban J connectivity index is 2.02. The van der Waals surface area contributed by atoms with Crippen LogP contribution >= 0.6 is 0 Å². The normalized spacial score (nSPS) is 17.2. The predicted octanol–water partition coefficient (Wildman–Crippen LogP) is 2.59. The van der Waals surface area contributed by atoms with E-state index < -0.39 is 0 Å². The lowest BCUT2D eigenvalue weighted by molar-refractivity contribution is 0.176. The minimum absolute atomic E-state index is 0.261. The van der Waals surface area contributed by atoms with E-state index in [1.807, 2.05) is 13.0 Å². The Hall–Kier alpha value is -1.52. The Kier molecular flexibility index (Phi) is 4.61. The van der Waals surface area contributed by atoms with E-state index in [-0.39, 0.29) is 12.1 Å². The number of ether oxygens (including phenoxy) is 1. The molecular formula is C13H22N4O. The maximum absolute atomic E-state index is 5.93. The molecule has 0 bridgehead atoms. The minimum atomic E-state index is 0.261. The van der Waals surface area contributed by atoms with Gasteiger partial charge < -0.3 is 15.8 Å². The first-order valence-electron chi connectivity index (χ1n) is 6.83. The number of anilines is 2. The van der Waals surface area contributed by atoms with Gasteiger partial charge in [-0.05, 0) is 32.6 Å². The summed E-state index contributed by atoms with van der Waals surface area (Å²) >= 11 is 0. The van der Waals surface area contributed by atoms with Crippen LogP contribution in [0.15, 0.2) is 6.07 Å². The van der Waals surface area contributed by atoms with Crippen molar-refractivity contribution in [3.8, 4) is 5.88 Å². The molecule has 1 heterocycles. The van der Waals surface area contributed by atoms with Crippen LogP contribution < -0.4 is 15.8 Å². The Morgan fingerprint density at radius 1 is 1.28 bits per heavy atom. The van der Waals surface area contributed by atoms with Gasteiger partial charge >= 0.3 is 0 Å². The third-order valence-electron chi connectivity index (χ3n) is 3.17. The molecule has 0 atom stereocenters. The van der Waals surface area contributed by atoms with Crippen LogP contribution in [-0.2, 0) is 0 Å². The number of hydrogen-bond donors (Lipinski definition) is 2. The van der Waals surface area contributed by atoms with Crippen LogP contribution in [0.5, 0.6) is 5.88 Å². The zero-order chi connectivity index (χ0) is 12.8. The molecule has 3 N–H and O–H groups in total. The highest BCUT2D eigenvalue weighted by Crippen LogP contribution is 2.23. The van der Waals surface area contributed by atoms with Gasteiger partial charge in [0, 0.05) is 12.6 Å². The molecule has 0 aliphatic heterocycles. The maximum atomic E-state index is 5.93. The van der Waals surface area contributed by atoms with E-state index in [2.05, 4.69) is 15.3 Å². The number of nitrogens with two attached hydrogens (primary N) is 1. The minimum Gasteiger partial charge on any atom is -0.474 e. The smallest absolute Gasteiger partial charge is 0.225 e. The summed E-state index contributed by atoms with van der Waals surface area (Å²) in [5.74, 6) is 1.58. The summed E-state index contributed by atoms with van der Waals surface area (Å²) in [6.07, 6.45) is 7.61. The van der Waals surface area contributed by atoms with Crippen LogP contribution in [0.2, 0.25) is 0 Å². The van der Waals surface area contributed by atoms with Crippen molar-refractivity contribution in [2.75, 3.05) is 17.6 Å². The fraction of sp³-hybridized carbons (Fsp3) is 0.692. The van der Waals surface area contributed by atoms with Crippen LogP contribution in [0, 0.1) is 0 Å². The van der Waals surface area contributed by atoms with Crippen molar-refractivity contribution in [2.24, 2.45) is 0 Å². The van der Waals surface area contributed by atoms with Crippen LogP contribution in [0.25, 0.3) is 0 Å². The monoisotopic (exact) mass is 250 g/mol. The zero-order valence-electron chi connectivity index (χ0n) is 11.0. The molecule has 1 saturated carbocycles. The van der Waals surface area contributed by atoms with Gasteiger partial charge in [0.05, 0.1) is 0 Å². The molecule has 100 valence electrons. The molecule has 18 heavy (non-hydrogen) atoms. The zero-order valence-corrected chi connectivity index (χ0v) is 11.0. The third-order valence-corrected chi connectivity index (χ3v) is 3.17. The molecule has 1 aliphatic rings. The van der Waals surface area contributed by atoms with Crippen molar-refractivity contribution in [1.82, 2.24) is 9.97 Å². The number of nitrogen functional groups attached to an aromatic ring is 1. The van der Waals surface area contributed by atoms with Crippen LogP contribution in [0.4, 0.5) is 11.8 Å². The van der Waals surface area contributed by atoms with Crippen LogP contribution in [0.3, 0.4) is 0 Å². The van der Waals surface area contributed by atoms with Gasteiger partial charge in [0.15, 0.2) is 0 Å². The molecule has 5 heteroatoms. The molecule has 0 unspecified atom stereocenters. The molecule has 0 radical (unpaired) electrons. The van der Waals surface area contributed by atoms with Crippen molar-refractivity contribution in [3.63, 3.8) is 0 Å². The van der Waals surface area contributed by atoms with Gasteiger partial charge in [-0.2, -0.15) is 9.97 Å². The van der Waals surface area contributed by atoms with E-state index in [1.54, 1.807) is 0 Å².